The van der Waals surface area contributed by atoms with Crippen LogP contribution in [-0.2, 0) is 35.0 Å². The summed E-state index contributed by atoms with van der Waals surface area (Å²) in [6, 6.07) is 7.43. The molecule has 1 amide bonds. The van der Waals surface area contributed by atoms with Crippen molar-refractivity contribution in [3.05, 3.63) is 98.7 Å². The van der Waals surface area contributed by atoms with Crippen molar-refractivity contribution in [3.8, 4) is 17.2 Å². The maximum absolute atomic E-state index is 16.1. The van der Waals surface area contributed by atoms with E-state index in [1.807, 2.05) is 71.0 Å². The van der Waals surface area contributed by atoms with Gasteiger partial charge in [0.2, 0.25) is 12.2 Å². The monoisotopic (exact) mass is 1000 g/mol. The Morgan fingerprint density at radius 1 is 0.945 bits per heavy atom. The van der Waals surface area contributed by atoms with Gasteiger partial charge in [-0.15, -0.1) is 0 Å². The van der Waals surface area contributed by atoms with E-state index in [2.05, 4.69) is 31.3 Å². The second kappa shape index (κ2) is 17.4. The number of hydrogen-bond acceptors (Lipinski definition) is 14. The van der Waals surface area contributed by atoms with Crippen LogP contribution in [0.4, 0.5) is 0 Å². The van der Waals surface area contributed by atoms with Crippen molar-refractivity contribution >= 4 is 35.0 Å². The van der Waals surface area contributed by atoms with E-state index < -0.39 is 88.5 Å². The van der Waals surface area contributed by atoms with Gasteiger partial charge in [-0.1, -0.05) is 53.6 Å². The quantitative estimate of drug-likeness (QED) is 0.124. The van der Waals surface area contributed by atoms with E-state index in [-0.39, 0.29) is 43.5 Å². The molecular weight excluding hydrogens is 933 g/mol. The molecule has 6 heterocycles. The lowest BCUT2D eigenvalue weighted by Crippen LogP contribution is -2.75. The summed E-state index contributed by atoms with van der Waals surface area (Å²) in [6.45, 7) is 19.2. The van der Waals surface area contributed by atoms with Crippen LogP contribution in [-0.4, -0.2) is 117 Å². The standard InChI is InChI=1S/C58H68N2O13/c1-28(2)14-13-21-56(10)22-20-34-47(71-56)33(18-17-29(3)4)49-40(48(34)69-53-46(64)45(63)50-36(68-53)27-67-55(8,9)70-50)43-41-38(39-42(60-43)31-15-11-12-16-32(31)44(39)62)35-26-37-54(6,7)73-57(51(35)65,58(37,41)72-49)23-19-30(5)52(66)59-24-25-61/h11-12,14-17,19-20,22,35-39,45-46,50,53,61,63-64H,13,18,21,23-27H2,1-10H3,(H,59,66)/b30-19-/t35?,36-,37?,38?,39?,45-,46-,50-,53+,56?,57?,58?/m1/s1. The number of ketones is 2. The van der Waals surface area contributed by atoms with E-state index in [0.29, 0.717) is 81.1 Å². The van der Waals surface area contributed by atoms with Crippen molar-refractivity contribution in [1.29, 1.82) is 0 Å². The Labute approximate surface area is 426 Å². The first-order valence-corrected chi connectivity index (χ1v) is 25.9. The van der Waals surface area contributed by atoms with Crippen molar-refractivity contribution < 1.29 is 62.9 Å². The average molecular weight is 1000 g/mol. The second-order valence-electron chi connectivity index (χ2n) is 23.1. The minimum atomic E-state index is -1.71. The third kappa shape index (κ3) is 7.45. The minimum Gasteiger partial charge on any atom is -0.482 e. The van der Waals surface area contributed by atoms with E-state index in [9.17, 15) is 20.1 Å². The molecule has 4 aliphatic carbocycles. The van der Waals surface area contributed by atoms with Gasteiger partial charge in [0.05, 0.1) is 47.3 Å². The number of allylic oxidation sites excluding steroid dienone is 4. The highest BCUT2D eigenvalue weighted by Crippen LogP contribution is 2.75. The molecule has 73 heavy (non-hydrogen) atoms. The van der Waals surface area contributed by atoms with Gasteiger partial charge in [-0.2, -0.15) is 0 Å². The molecule has 6 fully saturated rings. The number of ether oxygens (including phenoxy) is 7. The van der Waals surface area contributed by atoms with Gasteiger partial charge in [-0.25, -0.2) is 0 Å². The number of hydrogen-bond donors (Lipinski definition) is 4. The first kappa shape index (κ1) is 49.9. The number of nitrogens with one attached hydrogen (secondary N) is 1. The van der Waals surface area contributed by atoms with E-state index in [0.717, 1.165) is 12.0 Å². The summed E-state index contributed by atoms with van der Waals surface area (Å²) in [4.78, 5) is 50.1. The van der Waals surface area contributed by atoms with Gasteiger partial charge >= 0.3 is 0 Å². The number of amides is 1. The van der Waals surface area contributed by atoms with Crippen LogP contribution < -0.4 is 19.5 Å². The number of nitrogens with zero attached hydrogens (tertiary/aromatic N) is 1. The first-order valence-electron chi connectivity index (χ1n) is 25.9. The SMILES string of the molecule is CC(C)=CCCC1(C)C=Cc2c(c(CC=C(C)C)c3c(c2O[C@@H]2O[C@@H]4COC(C)(C)O[C@H]4[C@H](O)[C@H]2O)C2=C4C(C5CC6C(C)(C)OC(C/C=C(/C)C(=O)NCCO)(C5=O)C46O3)C3C(=O)c4ccccc4C3=N2)O1. The molecule has 15 nitrogen and oxygen atoms in total. The number of fused-ring (bicyclic) bond motifs is 7. The van der Waals surface area contributed by atoms with Crippen molar-refractivity contribution in [2.45, 2.75) is 160 Å². The molecular formula is C58H68N2O13. The molecule has 7 unspecified atom stereocenters. The van der Waals surface area contributed by atoms with Gasteiger partial charge in [0, 0.05) is 58.6 Å². The molecule has 0 radical (unpaired) electrons. The topological polar surface area (TPSA) is 201 Å². The summed E-state index contributed by atoms with van der Waals surface area (Å²) >= 11 is 0. The highest BCUT2D eigenvalue weighted by molar-refractivity contribution is 6.31. The predicted octanol–water partition coefficient (Wildman–Crippen LogP) is 7.07. The fraction of sp³-hybridized carbons (Fsp3) is 0.552. The van der Waals surface area contributed by atoms with Crippen LogP contribution >= 0.6 is 0 Å². The highest BCUT2D eigenvalue weighted by atomic mass is 16.8. The number of aliphatic hydroxyl groups is 3. The predicted molar refractivity (Wildman–Crippen MR) is 270 cm³/mol. The van der Waals surface area contributed by atoms with E-state index in [4.69, 9.17) is 38.2 Å². The summed E-state index contributed by atoms with van der Waals surface area (Å²) < 4.78 is 48.4. The molecule has 388 valence electrons. The first-order chi connectivity index (χ1) is 34.6. The van der Waals surface area contributed by atoms with Crippen molar-refractivity contribution in [3.63, 3.8) is 0 Å². The van der Waals surface area contributed by atoms with Crippen molar-refractivity contribution in [1.82, 2.24) is 5.32 Å². The number of benzene rings is 2. The second-order valence-corrected chi connectivity index (χ2v) is 23.1. The number of rotatable bonds is 12. The molecule has 4 N–H and O–H groups in total. The Bertz CT molecular complexity index is 2910. The molecule has 3 saturated carbocycles. The van der Waals surface area contributed by atoms with Gasteiger partial charge < -0.3 is 53.8 Å². The smallest absolute Gasteiger partial charge is 0.246 e. The third-order valence-electron chi connectivity index (χ3n) is 16.8. The van der Waals surface area contributed by atoms with E-state index in [1.165, 1.54) is 5.57 Å². The molecule has 12 rings (SSSR count). The number of aliphatic imine (C=N–C) groups is 1. The zero-order chi connectivity index (χ0) is 51.9. The molecule has 2 aromatic carbocycles. The van der Waals surface area contributed by atoms with Gasteiger partial charge in [0.25, 0.3) is 0 Å². The van der Waals surface area contributed by atoms with Crippen LogP contribution in [0.3, 0.4) is 0 Å². The maximum Gasteiger partial charge on any atom is 0.246 e. The average Bonchev–Trinajstić information content (AvgIpc) is 3.70. The summed E-state index contributed by atoms with van der Waals surface area (Å²) in [7, 11) is 0. The third-order valence-corrected chi connectivity index (χ3v) is 16.8. The van der Waals surface area contributed by atoms with Crippen LogP contribution in [0, 0.1) is 23.7 Å². The number of carbonyl (C=O) groups is 3. The Morgan fingerprint density at radius 2 is 1.68 bits per heavy atom. The Kier molecular flexibility index (Phi) is 11.9. The number of aliphatic hydroxyl groups excluding tert-OH is 3. The molecule has 4 bridgehead atoms. The minimum absolute atomic E-state index is 0.0440. The molecule has 6 aliphatic heterocycles. The van der Waals surface area contributed by atoms with Gasteiger partial charge in [-0.05, 0) is 107 Å². The molecule has 10 aliphatic rings. The van der Waals surface area contributed by atoms with Gasteiger partial charge in [-0.3, -0.25) is 19.4 Å². The molecule has 12 atom stereocenters. The van der Waals surface area contributed by atoms with E-state index >= 15 is 9.59 Å². The van der Waals surface area contributed by atoms with Crippen LogP contribution in [0.2, 0.25) is 0 Å². The fourth-order valence-electron chi connectivity index (χ4n) is 13.5. The maximum atomic E-state index is 16.1. The summed E-state index contributed by atoms with van der Waals surface area (Å²) in [5.74, 6) is -3.41. The Hall–Kier alpha value is -5.26. The zero-order valence-electron chi connectivity index (χ0n) is 43.4. The largest absolute Gasteiger partial charge is 0.482 e. The highest BCUT2D eigenvalue weighted by Gasteiger charge is 2.84. The Balaban J connectivity index is 1.20. The van der Waals surface area contributed by atoms with E-state index in [1.54, 1.807) is 26.8 Å². The number of carbonyl (C=O) groups excluding carboxylic acids is 3. The summed E-state index contributed by atoms with van der Waals surface area (Å²) in [6.07, 6.45) is 5.78. The summed E-state index contributed by atoms with van der Waals surface area (Å²) in [5, 5.41) is 36.1. The van der Waals surface area contributed by atoms with Crippen molar-refractivity contribution in [2.24, 2.45) is 28.7 Å². The lowest BCUT2D eigenvalue weighted by molar-refractivity contribution is -0.373. The van der Waals surface area contributed by atoms with Gasteiger partial charge in [0.1, 0.15) is 47.3 Å². The summed E-state index contributed by atoms with van der Waals surface area (Å²) in [5.41, 5.74) is 2.00. The molecule has 15 heteroatoms. The van der Waals surface area contributed by atoms with Gasteiger partial charge in [0.15, 0.2) is 28.6 Å². The number of Topliss-reactive ketones (excluding diaryl/α,β-unsaturated/α-hetero) is 2. The molecule has 0 aromatic heterocycles. The van der Waals surface area contributed by atoms with Crippen LogP contribution in [0.5, 0.6) is 17.2 Å². The Morgan fingerprint density at radius 3 is 2.41 bits per heavy atom. The van der Waals surface area contributed by atoms with Crippen LogP contribution in [0.25, 0.3) is 11.8 Å². The van der Waals surface area contributed by atoms with Crippen LogP contribution in [0.15, 0.2) is 75.9 Å². The van der Waals surface area contributed by atoms with Crippen LogP contribution in [0.1, 0.15) is 128 Å². The lowest BCUT2D eigenvalue weighted by Gasteiger charge is -2.62. The molecule has 3 saturated heterocycles. The lowest BCUT2D eigenvalue weighted by atomic mass is 9.43. The normalized spacial score (nSPS) is 35.3. The molecule has 2 aromatic rings. The zero-order valence-corrected chi connectivity index (χ0v) is 43.4. The van der Waals surface area contributed by atoms with Crippen molar-refractivity contribution in [2.75, 3.05) is 19.8 Å². The molecule has 1 spiro atoms. The fourth-order valence-corrected chi connectivity index (χ4v) is 13.5.